The van der Waals surface area contributed by atoms with E-state index >= 15 is 0 Å². The minimum Gasteiger partial charge on any atom is -0.389 e. The van der Waals surface area contributed by atoms with Crippen molar-refractivity contribution in [3.63, 3.8) is 0 Å². The Balaban J connectivity index is 1.60. The highest BCUT2D eigenvalue weighted by atomic mass is 16.3. The fourth-order valence-electron chi connectivity index (χ4n) is 3.13. The molecule has 2 fully saturated rings. The molecule has 2 heterocycles. The zero-order valence-corrected chi connectivity index (χ0v) is 12.9. The summed E-state index contributed by atoms with van der Waals surface area (Å²) in [5.74, 6) is 0.869. The second-order valence-corrected chi connectivity index (χ2v) is 6.53. The van der Waals surface area contributed by atoms with E-state index in [4.69, 9.17) is 4.98 Å². The Morgan fingerprint density at radius 2 is 1.95 bits per heavy atom. The number of aromatic nitrogens is 2. The summed E-state index contributed by atoms with van der Waals surface area (Å²) in [5, 5.41) is 13.4. The molecule has 0 aromatic carbocycles. The summed E-state index contributed by atoms with van der Waals surface area (Å²) in [7, 11) is 0. The first-order chi connectivity index (χ1) is 10.1. The molecule has 1 aromatic rings. The van der Waals surface area contributed by atoms with Gasteiger partial charge in [-0.3, -0.25) is 0 Å². The number of nitrogens with zero attached hydrogens (tertiary/aromatic N) is 3. The summed E-state index contributed by atoms with van der Waals surface area (Å²) in [5.41, 5.74) is 1.56. The van der Waals surface area contributed by atoms with Gasteiger partial charge in [-0.05, 0) is 51.5 Å². The van der Waals surface area contributed by atoms with Gasteiger partial charge in [0.1, 0.15) is 0 Å². The Kier molecular flexibility index (Phi) is 4.40. The molecule has 0 bridgehead atoms. The van der Waals surface area contributed by atoms with Crippen molar-refractivity contribution in [3.8, 4) is 0 Å². The van der Waals surface area contributed by atoms with Gasteiger partial charge in [0.2, 0.25) is 5.95 Å². The van der Waals surface area contributed by atoms with Gasteiger partial charge in [-0.15, -0.1) is 0 Å². The molecular weight excluding hydrogens is 264 g/mol. The van der Waals surface area contributed by atoms with Crippen LogP contribution in [0.2, 0.25) is 0 Å². The Labute approximate surface area is 126 Å². The number of aryl methyl sites for hydroxylation is 1. The number of anilines is 1. The minimum atomic E-state index is -0.474. The monoisotopic (exact) mass is 290 g/mol. The zero-order valence-electron chi connectivity index (χ0n) is 12.9. The Bertz CT molecular complexity index is 481. The van der Waals surface area contributed by atoms with Crippen LogP contribution in [0, 0.1) is 6.92 Å². The van der Waals surface area contributed by atoms with Crippen LogP contribution in [0.4, 0.5) is 5.95 Å². The van der Waals surface area contributed by atoms with E-state index in [2.05, 4.69) is 15.2 Å². The molecule has 0 unspecified atom stereocenters. The Hall–Kier alpha value is -1.20. The third-order valence-corrected chi connectivity index (χ3v) is 4.58. The van der Waals surface area contributed by atoms with Gasteiger partial charge in [0.05, 0.1) is 11.3 Å². The second kappa shape index (κ2) is 6.28. The summed E-state index contributed by atoms with van der Waals surface area (Å²) in [6.07, 6.45) is 6.76. The SMILES string of the molecule is Cc1cc(CNCC2(O)CCC2)nc(N2CCCCC2)n1. The van der Waals surface area contributed by atoms with Crippen LogP contribution in [-0.4, -0.2) is 40.3 Å². The molecule has 2 N–H and O–H groups in total. The number of nitrogens with one attached hydrogen (secondary N) is 1. The van der Waals surface area contributed by atoms with Crippen LogP contribution in [0.25, 0.3) is 0 Å². The summed E-state index contributed by atoms with van der Waals surface area (Å²) in [6.45, 7) is 5.52. The van der Waals surface area contributed by atoms with Crippen LogP contribution in [-0.2, 0) is 6.54 Å². The van der Waals surface area contributed by atoms with E-state index in [0.717, 1.165) is 49.7 Å². The number of aliphatic hydroxyl groups is 1. The van der Waals surface area contributed by atoms with Gasteiger partial charge in [0, 0.05) is 31.9 Å². The molecular formula is C16H26N4O. The molecule has 116 valence electrons. The molecule has 2 aliphatic rings. The fourth-order valence-corrected chi connectivity index (χ4v) is 3.13. The molecule has 1 aromatic heterocycles. The molecule has 21 heavy (non-hydrogen) atoms. The number of rotatable bonds is 5. The summed E-state index contributed by atoms with van der Waals surface area (Å²) in [4.78, 5) is 11.6. The summed E-state index contributed by atoms with van der Waals surface area (Å²) < 4.78 is 0. The molecule has 1 saturated carbocycles. The maximum absolute atomic E-state index is 10.1. The standard InChI is InChI=1S/C16H26N4O/c1-13-10-14(11-17-12-16(21)6-5-7-16)19-15(18-13)20-8-3-2-4-9-20/h10,17,21H,2-9,11-12H2,1H3. The average molecular weight is 290 g/mol. The average Bonchev–Trinajstić information content (AvgIpc) is 2.46. The molecule has 0 amide bonds. The van der Waals surface area contributed by atoms with Crippen LogP contribution in [0.1, 0.15) is 49.9 Å². The van der Waals surface area contributed by atoms with Crippen LogP contribution >= 0.6 is 0 Å². The van der Waals surface area contributed by atoms with E-state index in [0.29, 0.717) is 13.1 Å². The highest BCUT2D eigenvalue weighted by molar-refractivity contribution is 5.32. The fraction of sp³-hybridized carbons (Fsp3) is 0.750. The first kappa shape index (κ1) is 14.7. The van der Waals surface area contributed by atoms with Gasteiger partial charge in [0.15, 0.2) is 0 Å². The van der Waals surface area contributed by atoms with E-state index in [-0.39, 0.29) is 0 Å². The van der Waals surface area contributed by atoms with Gasteiger partial charge < -0.3 is 15.3 Å². The topological polar surface area (TPSA) is 61.3 Å². The smallest absolute Gasteiger partial charge is 0.225 e. The van der Waals surface area contributed by atoms with Crippen molar-refractivity contribution in [3.05, 3.63) is 17.5 Å². The quantitative estimate of drug-likeness (QED) is 0.865. The number of hydrogen-bond donors (Lipinski definition) is 2. The van der Waals surface area contributed by atoms with Gasteiger partial charge >= 0.3 is 0 Å². The van der Waals surface area contributed by atoms with Crippen molar-refractivity contribution in [1.29, 1.82) is 0 Å². The van der Waals surface area contributed by atoms with Crippen LogP contribution in [0.3, 0.4) is 0 Å². The minimum absolute atomic E-state index is 0.474. The van der Waals surface area contributed by atoms with Crippen molar-refractivity contribution in [2.45, 2.75) is 57.6 Å². The normalized spacial score (nSPS) is 21.1. The third kappa shape index (κ3) is 3.71. The lowest BCUT2D eigenvalue weighted by atomic mass is 9.80. The van der Waals surface area contributed by atoms with Crippen molar-refractivity contribution < 1.29 is 5.11 Å². The molecule has 5 heteroatoms. The van der Waals surface area contributed by atoms with Crippen LogP contribution < -0.4 is 10.2 Å². The predicted octanol–water partition coefficient (Wildman–Crippen LogP) is 1.78. The largest absolute Gasteiger partial charge is 0.389 e. The van der Waals surface area contributed by atoms with Gasteiger partial charge in [-0.25, -0.2) is 9.97 Å². The molecule has 0 atom stereocenters. The molecule has 1 aliphatic heterocycles. The maximum Gasteiger partial charge on any atom is 0.225 e. The first-order valence-electron chi connectivity index (χ1n) is 8.17. The van der Waals surface area contributed by atoms with Crippen LogP contribution in [0.5, 0.6) is 0 Å². The number of piperidine rings is 1. The molecule has 1 saturated heterocycles. The Morgan fingerprint density at radius 1 is 1.19 bits per heavy atom. The molecule has 1 aliphatic carbocycles. The highest BCUT2D eigenvalue weighted by Crippen LogP contribution is 2.30. The van der Waals surface area contributed by atoms with E-state index in [1.54, 1.807) is 0 Å². The van der Waals surface area contributed by atoms with Crippen molar-refractivity contribution in [1.82, 2.24) is 15.3 Å². The molecule has 3 rings (SSSR count). The third-order valence-electron chi connectivity index (χ3n) is 4.58. The first-order valence-corrected chi connectivity index (χ1v) is 8.17. The van der Waals surface area contributed by atoms with Gasteiger partial charge in [0.25, 0.3) is 0 Å². The highest BCUT2D eigenvalue weighted by Gasteiger charge is 2.33. The van der Waals surface area contributed by atoms with Crippen molar-refractivity contribution >= 4 is 5.95 Å². The van der Waals surface area contributed by atoms with Gasteiger partial charge in [-0.1, -0.05) is 0 Å². The van der Waals surface area contributed by atoms with E-state index < -0.39 is 5.60 Å². The lowest BCUT2D eigenvalue weighted by Gasteiger charge is -2.36. The molecule has 0 radical (unpaired) electrons. The van der Waals surface area contributed by atoms with E-state index in [9.17, 15) is 5.11 Å². The summed E-state index contributed by atoms with van der Waals surface area (Å²) in [6, 6.07) is 2.03. The predicted molar refractivity (Wildman–Crippen MR) is 83.3 cm³/mol. The zero-order chi connectivity index (χ0) is 14.7. The second-order valence-electron chi connectivity index (χ2n) is 6.53. The lowest BCUT2D eigenvalue weighted by Crippen LogP contribution is -2.46. The molecule has 5 nitrogen and oxygen atoms in total. The lowest BCUT2D eigenvalue weighted by molar-refractivity contribution is -0.0315. The van der Waals surface area contributed by atoms with Gasteiger partial charge in [-0.2, -0.15) is 0 Å². The molecule has 0 spiro atoms. The van der Waals surface area contributed by atoms with Crippen LogP contribution in [0.15, 0.2) is 6.07 Å². The van der Waals surface area contributed by atoms with Crippen molar-refractivity contribution in [2.75, 3.05) is 24.5 Å². The maximum atomic E-state index is 10.1. The Morgan fingerprint density at radius 3 is 2.62 bits per heavy atom. The van der Waals surface area contributed by atoms with Crippen molar-refractivity contribution in [2.24, 2.45) is 0 Å². The van der Waals surface area contributed by atoms with E-state index in [1.165, 1.54) is 19.3 Å². The van der Waals surface area contributed by atoms with E-state index in [1.807, 2.05) is 13.0 Å². The number of hydrogen-bond acceptors (Lipinski definition) is 5. The summed E-state index contributed by atoms with van der Waals surface area (Å²) >= 11 is 0.